The number of rotatable bonds is 5. The molecular formula is C20H24N2O2. The van der Waals surface area contributed by atoms with Crippen LogP contribution in [0, 0.1) is 12.3 Å². The predicted molar refractivity (Wildman–Crippen MR) is 98.1 cm³/mol. The number of para-hydroxylation sites is 1. The zero-order valence-electron chi connectivity index (χ0n) is 14.7. The molecule has 4 nitrogen and oxygen atoms in total. The second kappa shape index (κ2) is 7.30. The second-order valence-electron chi connectivity index (χ2n) is 6.33. The molecule has 0 unspecified atom stereocenters. The van der Waals surface area contributed by atoms with Crippen LogP contribution in [0.15, 0.2) is 54.6 Å². The van der Waals surface area contributed by atoms with Crippen LogP contribution < -0.4 is 10.2 Å². The van der Waals surface area contributed by atoms with Gasteiger partial charge in [-0.15, -0.1) is 0 Å². The van der Waals surface area contributed by atoms with Crippen molar-refractivity contribution in [1.82, 2.24) is 0 Å². The van der Waals surface area contributed by atoms with E-state index < -0.39 is 5.41 Å². The molecule has 0 saturated heterocycles. The summed E-state index contributed by atoms with van der Waals surface area (Å²) >= 11 is 0. The molecule has 0 heterocycles. The fraction of sp³-hybridized carbons (Fsp3) is 0.300. The summed E-state index contributed by atoms with van der Waals surface area (Å²) in [6.07, 6.45) is 0. The summed E-state index contributed by atoms with van der Waals surface area (Å²) in [5, 5.41) is 2.83. The van der Waals surface area contributed by atoms with Gasteiger partial charge in [0.1, 0.15) is 5.41 Å². The highest BCUT2D eigenvalue weighted by Crippen LogP contribution is 2.25. The van der Waals surface area contributed by atoms with Crippen molar-refractivity contribution in [3.05, 3.63) is 60.2 Å². The van der Waals surface area contributed by atoms with E-state index in [9.17, 15) is 9.59 Å². The Labute approximate surface area is 143 Å². The zero-order chi connectivity index (χ0) is 17.7. The Balaban J connectivity index is 2.19. The Morgan fingerprint density at radius 2 is 1.58 bits per heavy atom. The normalized spacial score (nSPS) is 11.0. The summed E-state index contributed by atoms with van der Waals surface area (Å²) in [6.45, 7) is 7.70. The molecular weight excluding hydrogens is 300 g/mol. The second-order valence-corrected chi connectivity index (χ2v) is 6.33. The molecule has 0 saturated carbocycles. The zero-order valence-corrected chi connectivity index (χ0v) is 14.7. The number of carbonyl (C=O) groups is 2. The quantitative estimate of drug-likeness (QED) is 0.845. The average molecular weight is 324 g/mol. The molecule has 0 fully saturated rings. The first-order valence-electron chi connectivity index (χ1n) is 8.11. The smallest absolute Gasteiger partial charge is 0.242 e. The lowest BCUT2D eigenvalue weighted by Crippen LogP contribution is -2.47. The van der Waals surface area contributed by atoms with Gasteiger partial charge in [0.15, 0.2) is 0 Å². The third-order valence-electron chi connectivity index (χ3n) is 4.04. The fourth-order valence-corrected chi connectivity index (χ4v) is 2.41. The third kappa shape index (κ3) is 3.82. The molecule has 0 bridgehead atoms. The maximum Gasteiger partial charge on any atom is 0.242 e. The molecule has 0 atom stereocenters. The lowest BCUT2D eigenvalue weighted by atomic mass is 9.89. The predicted octanol–water partition coefficient (Wildman–Crippen LogP) is 4.01. The van der Waals surface area contributed by atoms with Crippen LogP contribution in [0.5, 0.6) is 0 Å². The highest BCUT2D eigenvalue weighted by atomic mass is 16.2. The third-order valence-corrected chi connectivity index (χ3v) is 4.04. The number of hydrogen-bond acceptors (Lipinski definition) is 2. The monoisotopic (exact) mass is 324 g/mol. The SMILES string of the molecule is CCN(C(=O)C(C)(C)C(=O)Nc1ccc(C)cc1)c1ccccc1. The number of nitrogens with one attached hydrogen (secondary N) is 1. The van der Waals surface area contributed by atoms with Gasteiger partial charge in [-0.1, -0.05) is 35.9 Å². The topological polar surface area (TPSA) is 49.4 Å². The van der Waals surface area contributed by atoms with Gasteiger partial charge in [-0.25, -0.2) is 0 Å². The van der Waals surface area contributed by atoms with Crippen molar-refractivity contribution in [3.8, 4) is 0 Å². The number of anilines is 2. The summed E-state index contributed by atoms with van der Waals surface area (Å²) < 4.78 is 0. The minimum absolute atomic E-state index is 0.221. The van der Waals surface area contributed by atoms with Gasteiger partial charge in [-0.3, -0.25) is 9.59 Å². The van der Waals surface area contributed by atoms with Crippen LogP contribution in [-0.4, -0.2) is 18.4 Å². The van der Waals surface area contributed by atoms with Crippen molar-refractivity contribution in [2.75, 3.05) is 16.8 Å². The highest BCUT2D eigenvalue weighted by molar-refractivity contribution is 6.14. The lowest BCUT2D eigenvalue weighted by molar-refractivity contribution is -0.136. The highest BCUT2D eigenvalue weighted by Gasteiger charge is 2.39. The molecule has 0 spiro atoms. The Hall–Kier alpha value is -2.62. The van der Waals surface area contributed by atoms with Crippen LogP contribution >= 0.6 is 0 Å². The van der Waals surface area contributed by atoms with Crippen molar-refractivity contribution in [3.63, 3.8) is 0 Å². The van der Waals surface area contributed by atoms with Gasteiger partial charge in [0.25, 0.3) is 0 Å². The fourth-order valence-electron chi connectivity index (χ4n) is 2.41. The largest absolute Gasteiger partial charge is 0.325 e. The van der Waals surface area contributed by atoms with Crippen LogP contribution in [0.2, 0.25) is 0 Å². The van der Waals surface area contributed by atoms with E-state index in [-0.39, 0.29) is 11.8 Å². The van der Waals surface area contributed by atoms with Gasteiger partial charge >= 0.3 is 0 Å². The molecule has 0 aliphatic carbocycles. The number of aryl methyl sites for hydroxylation is 1. The van der Waals surface area contributed by atoms with E-state index in [2.05, 4.69) is 5.32 Å². The number of carbonyl (C=O) groups excluding carboxylic acids is 2. The first-order chi connectivity index (χ1) is 11.4. The average Bonchev–Trinajstić information content (AvgIpc) is 2.58. The molecule has 126 valence electrons. The molecule has 2 amide bonds. The van der Waals surface area contributed by atoms with Gasteiger partial charge in [-0.2, -0.15) is 0 Å². The van der Waals surface area contributed by atoms with E-state index in [0.29, 0.717) is 12.2 Å². The molecule has 24 heavy (non-hydrogen) atoms. The Morgan fingerprint density at radius 3 is 2.12 bits per heavy atom. The molecule has 0 aliphatic heterocycles. The van der Waals surface area contributed by atoms with Gasteiger partial charge in [-0.05, 0) is 52.0 Å². The van der Waals surface area contributed by atoms with Crippen LogP contribution in [0.1, 0.15) is 26.3 Å². The molecule has 2 rings (SSSR count). The van der Waals surface area contributed by atoms with E-state index in [1.165, 1.54) is 0 Å². The van der Waals surface area contributed by atoms with E-state index in [4.69, 9.17) is 0 Å². The van der Waals surface area contributed by atoms with Crippen LogP contribution in [0.4, 0.5) is 11.4 Å². The van der Waals surface area contributed by atoms with Gasteiger partial charge in [0.2, 0.25) is 11.8 Å². The van der Waals surface area contributed by atoms with E-state index in [1.54, 1.807) is 18.7 Å². The maximum atomic E-state index is 12.9. The van der Waals surface area contributed by atoms with Gasteiger partial charge in [0.05, 0.1) is 0 Å². The minimum Gasteiger partial charge on any atom is -0.325 e. The first kappa shape index (κ1) is 17.7. The van der Waals surface area contributed by atoms with Crippen LogP contribution in [0.25, 0.3) is 0 Å². The van der Waals surface area contributed by atoms with Crippen molar-refractivity contribution in [2.24, 2.45) is 5.41 Å². The van der Waals surface area contributed by atoms with E-state index in [0.717, 1.165) is 11.3 Å². The van der Waals surface area contributed by atoms with Gasteiger partial charge < -0.3 is 10.2 Å². The molecule has 0 aromatic heterocycles. The van der Waals surface area contributed by atoms with Crippen molar-refractivity contribution >= 4 is 23.2 Å². The van der Waals surface area contributed by atoms with Gasteiger partial charge in [0, 0.05) is 17.9 Å². The lowest BCUT2D eigenvalue weighted by Gasteiger charge is -2.30. The molecule has 1 N–H and O–H groups in total. The summed E-state index contributed by atoms with van der Waals surface area (Å²) in [5.74, 6) is -0.536. The van der Waals surface area contributed by atoms with E-state index >= 15 is 0 Å². The summed E-state index contributed by atoms with van der Waals surface area (Å²) in [4.78, 5) is 27.2. The van der Waals surface area contributed by atoms with Crippen molar-refractivity contribution < 1.29 is 9.59 Å². The Kier molecular flexibility index (Phi) is 5.39. The molecule has 0 radical (unpaired) electrons. The summed E-state index contributed by atoms with van der Waals surface area (Å²) in [5.41, 5.74) is 1.43. The van der Waals surface area contributed by atoms with E-state index in [1.807, 2.05) is 68.4 Å². The number of nitrogens with zero attached hydrogens (tertiary/aromatic N) is 1. The standard InChI is InChI=1S/C20H24N2O2/c1-5-22(17-9-7-6-8-10-17)19(24)20(3,4)18(23)21-16-13-11-15(2)12-14-16/h6-14H,5H2,1-4H3,(H,21,23). The van der Waals surface area contributed by atoms with Crippen molar-refractivity contribution in [2.45, 2.75) is 27.7 Å². The first-order valence-corrected chi connectivity index (χ1v) is 8.11. The summed E-state index contributed by atoms with van der Waals surface area (Å²) in [7, 11) is 0. The maximum absolute atomic E-state index is 12.9. The number of benzene rings is 2. The number of hydrogen-bond donors (Lipinski definition) is 1. The Bertz CT molecular complexity index is 706. The Morgan fingerprint density at radius 1 is 1.00 bits per heavy atom. The van der Waals surface area contributed by atoms with Crippen LogP contribution in [0.3, 0.4) is 0 Å². The molecule has 2 aromatic carbocycles. The molecule has 4 heteroatoms. The van der Waals surface area contributed by atoms with Crippen LogP contribution in [-0.2, 0) is 9.59 Å². The molecule has 2 aromatic rings. The molecule has 0 aliphatic rings. The number of amides is 2. The van der Waals surface area contributed by atoms with Crippen molar-refractivity contribution in [1.29, 1.82) is 0 Å². The minimum atomic E-state index is -1.17. The summed E-state index contributed by atoms with van der Waals surface area (Å²) in [6, 6.07) is 16.9.